The van der Waals surface area contributed by atoms with Gasteiger partial charge in [0.25, 0.3) is 5.95 Å². The number of urea groups is 1. The smallest absolute Gasteiger partial charge is 0.272 e. The molecule has 13 heavy (non-hydrogen) atoms. The fourth-order valence-electron chi connectivity index (χ4n) is 0.609. The number of hydrogen-bond acceptors (Lipinski definition) is 5. The third-order valence-corrected chi connectivity index (χ3v) is 1.35. The van der Waals surface area contributed by atoms with Crippen molar-refractivity contribution in [3.63, 3.8) is 0 Å². The van der Waals surface area contributed by atoms with Crippen LogP contribution >= 0.6 is 0 Å². The highest BCUT2D eigenvalue weighted by Crippen LogP contribution is 1.96. The van der Waals surface area contributed by atoms with Crippen LogP contribution in [0.25, 0.3) is 0 Å². The monoisotopic (exact) mass is 185 g/mol. The third-order valence-electron chi connectivity index (χ3n) is 1.35. The highest BCUT2D eigenvalue weighted by atomic mass is 16.2. The van der Waals surface area contributed by atoms with Gasteiger partial charge in [0.15, 0.2) is 0 Å². The highest BCUT2D eigenvalue weighted by molar-refractivity contribution is 5.86. The molecule has 0 fully saturated rings. The van der Waals surface area contributed by atoms with E-state index in [1.165, 1.54) is 0 Å². The fourth-order valence-corrected chi connectivity index (χ4v) is 0.609. The molecule has 1 aromatic rings. The number of amides is 2. The summed E-state index contributed by atoms with van der Waals surface area (Å²) in [5.41, 5.74) is 0. The number of H-pyrrole nitrogens is 1. The molecule has 0 bridgehead atoms. The first kappa shape index (κ1) is 9.39. The van der Waals surface area contributed by atoms with E-state index in [4.69, 9.17) is 5.84 Å². The van der Waals surface area contributed by atoms with E-state index < -0.39 is 6.03 Å². The molecule has 0 spiro atoms. The number of tetrazole rings is 1. The van der Waals surface area contributed by atoms with E-state index in [1.807, 2.05) is 0 Å². The maximum absolute atomic E-state index is 11.2. The molecule has 0 atom stereocenters. The van der Waals surface area contributed by atoms with Gasteiger partial charge in [-0.3, -0.25) is 10.3 Å². The molecule has 0 aliphatic rings. The van der Waals surface area contributed by atoms with Crippen molar-refractivity contribution in [2.24, 2.45) is 5.84 Å². The number of nitrogens with zero attached hydrogens (tertiary/aromatic N) is 4. The topological polar surface area (TPSA) is 113 Å². The average Bonchev–Trinajstić information content (AvgIpc) is 2.55. The van der Waals surface area contributed by atoms with Crippen molar-refractivity contribution in [1.82, 2.24) is 25.6 Å². The lowest BCUT2D eigenvalue weighted by atomic mass is 10.4. The second-order valence-electron chi connectivity index (χ2n) is 2.67. The molecule has 72 valence electrons. The van der Waals surface area contributed by atoms with Crippen LogP contribution in [-0.4, -0.2) is 37.7 Å². The van der Waals surface area contributed by atoms with E-state index in [1.54, 1.807) is 13.8 Å². The van der Waals surface area contributed by atoms with Crippen molar-refractivity contribution in [2.75, 3.05) is 5.32 Å². The molecule has 1 aromatic heterocycles. The molecular formula is C5H11N7O. The Hall–Kier alpha value is -1.70. The van der Waals surface area contributed by atoms with Crippen molar-refractivity contribution in [2.45, 2.75) is 19.9 Å². The summed E-state index contributed by atoms with van der Waals surface area (Å²) in [4.78, 5) is 11.2. The van der Waals surface area contributed by atoms with E-state index in [2.05, 4.69) is 25.9 Å². The largest absolute Gasteiger partial charge is 0.338 e. The number of hydrazine groups is 1. The van der Waals surface area contributed by atoms with Gasteiger partial charge < -0.3 is 0 Å². The van der Waals surface area contributed by atoms with E-state index in [0.29, 0.717) is 0 Å². The summed E-state index contributed by atoms with van der Waals surface area (Å²) in [5, 5.41) is 15.9. The summed E-state index contributed by atoms with van der Waals surface area (Å²) in [6, 6.07) is -0.566. The molecule has 0 aliphatic heterocycles. The summed E-state index contributed by atoms with van der Waals surface area (Å²) in [6.45, 7) is 3.58. The first-order chi connectivity index (χ1) is 6.11. The summed E-state index contributed by atoms with van der Waals surface area (Å²) in [5.74, 6) is 5.51. The first-order valence-electron chi connectivity index (χ1n) is 3.69. The van der Waals surface area contributed by atoms with Crippen molar-refractivity contribution in [1.29, 1.82) is 0 Å². The maximum Gasteiger partial charge on any atom is 0.338 e. The molecular weight excluding hydrogens is 174 g/mol. The number of aromatic amines is 1. The molecule has 0 radical (unpaired) electrons. The predicted molar refractivity (Wildman–Crippen MR) is 44.4 cm³/mol. The molecule has 2 amide bonds. The van der Waals surface area contributed by atoms with E-state index in [0.717, 1.165) is 5.01 Å². The number of aromatic nitrogens is 4. The summed E-state index contributed by atoms with van der Waals surface area (Å²) in [7, 11) is 0. The number of nitrogens with two attached hydrogens (primary N) is 1. The lowest BCUT2D eigenvalue weighted by Gasteiger charge is -2.19. The van der Waals surface area contributed by atoms with Gasteiger partial charge in [-0.25, -0.2) is 10.6 Å². The Morgan fingerprint density at radius 2 is 2.38 bits per heavy atom. The zero-order valence-corrected chi connectivity index (χ0v) is 7.35. The lowest BCUT2D eigenvalue weighted by Crippen LogP contribution is -2.45. The molecule has 1 rings (SSSR count). The first-order valence-corrected chi connectivity index (χ1v) is 3.69. The molecule has 8 heteroatoms. The van der Waals surface area contributed by atoms with Gasteiger partial charge in [-0.1, -0.05) is 5.10 Å². The molecule has 0 saturated heterocycles. The summed E-state index contributed by atoms with van der Waals surface area (Å²) in [6.07, 6.45) is 0. The molecule has 0 saturated carbocycles. The van der Waals surface area contributed by atoms with Gasteiger partial charge in [0.1, 0.15) is 0 Å². The Balaban J connectivity index is 2.51. The van der Waals surface area contributed by atoms with Crippen LogP contribution < -0.4 is 11.2 Å². The van der Waals surface area contributed by atoms with Gasteiger partial charge >= 0.3 is 6.03 Å². The second-order valence-corrected chi connectivity index (χ2v) is 2.67. The number of hydrogen-bond donors (Lipinski definition) is 3. The minimum absolute atomic E-state index is 0.0908. The standard InChI is InChI=1S/C5H11N7O/c1-3(2)12(6)5(13)7-4-8-10-11-9-4/h3H,6H2,1-2H3,(H2,7,8,9,10,11,13). The molecule has 0 aliphatic carbocycles. The minimum Gasteiger partial charge on any atom is -0.272 e. The normalized spacial score (nSPS) is 10.2. The van der Waals surface area contributed by atoms with Gasteiger partial charge in [0.2, 0.25) is 0 Å². The molecule has 8 nitrogen and oxygen atoms in total. The Morgan fingerprint density at radius 1 is 1.69 bits per heavy atom. The number of nitrogens with one attached hydrogen (secondary N) is 2. The van der Waals surface area contributed by atoms with E-state index in [9.17, 15) is 4.79 Å². The van der Waals surface area contributed by atoms with Crippen LogP contribution in [0.1, 0.15) is 13.8 Å². The molecule has 0 aromatic carbocycles. The van der Waals surface area contributed by atoms with Crippen LogP contribution in [0.2, 0.25) is 0 Å². The zero-order valence-electron chi connectivity index (χ0n) is 7.35. The number of anilines is 1. The number of rotatable bonds is 2. The van der Waals surface area contributed by atoms with Gasteiger partial charge in [-0.05, 0) is 19.1 Å². The minimum atomic E-state index is -0.476. The SMILES string of the molecule is CC(C)N(N)C(=O)Nc1nn[nH]n1. The van der Waals surface area contributed by atoms with Gasteiger partial charge in [-0.15, -0.1) is 5.10 Å². The maximum atomic E-state index is 11.2. The van der Waals surface area contributed by atoms with E-state index in [-0.39, 0.29) is 12.0 Å². The van der Waals surface area contributed by atoms with Crippen LogP contribution in [0.4, 0.5) is 10.7 Å². The zero-order chi connectivity index (χ0) is 9.84. The van der Waals surface area contributed by atoms with Crippen molar-refractivity contribution in [3.8, 4) is 0 Å². The second kappa shape index (κ2) is 3.81. The summed E-state index contributed by atoms with van der Waals surface area (Å²) < 4.78 is 0. The lowest BCUT2D eigenvalue weighted by molar-refractivity contribution is 0.198. The molecule has 0 unspecified atom stereocenters. The Morgan fingerprint density at radius 3 is 2.85 bits per heavy atom. The van der Waals surface area contributed by atoms with Crippen LogP contribution in [0.5, 0.6) is 0 Å². The van der Waals surface area contributed by atoms with Gasteiger partial charge in [0, 0.05) is 6.04 Å². The van der Waals surface area contributed by atoms with Crippen molar-refractivity contribution in [3.05, 3.63) is 0 Å². The number of carbonyl (C=O) groups is 1. The third kappa shape index (κ3) is 2.37. The fraction of sp³-hybridized carbons (Fsp3) is 0.600. The van der Waals surface area contributed by atoms with Crippen LogP contribution in [0, 0.1) is 0 Å². The molecule has 4 N–H and O–H groups in total. The predicted octanol–water partition coefficient (Wildman–Crippen LogP) is -0.684. The highest BCUT2D eigenvalue weighted by Gasteiger charge is 2.13. The van der Waals surface area contributed by atoms with Gasteiger partial charge in [-0.2, -0.15) is 5.21 Å². The molecule has 1 heterocycles. The Bertz CT molecular complexity index is 268. The Kier molecular flexibility index (Phi) is 2.75. The quantitative estimate of drug-likeness (QED) is 0.321. The Labute approximate surface area is 74.4 Å². The summed E-state index contributed by atoms with van der Waals surface area (Å²) >= 11 is 0. The van der Waals surface area contributed by atoms with Crippen LogP contribution in [-0.2, 0) is 0 Å². The van der Waals surface area contributed by atoms with Crippen molar-refractivity contribution < 1.29 is 4.79 Å². The van der Waals surface area contributed by atoms with Crippen LogP contribution in [0.15, 0.2) is 0 Å². The van der Waals surface area contributed by atoms with Crippen LogP contribution in [0.3, 0.4) is 0 Å². The number of carbonyl (C=O) groups excluding carboxylic acids is 1. The van der Waals surface area contributed by atoms with E-state index >= 15 is 0 Å². The van der Waals surface area contributed by atoms with Crippen molar-refractivity contribution >= 4 is 12.0 Å². The average molecular weight is 185 g/mol. The van der Waals surface area contributed by atoms with Gasteiger partial charge in [0.05, 0.1) is 0 Å².